The topological polar surface area (TPSA) is 69.6 Å². The predicted octanol–water partition coefficient (Wildman–Crippen LogP) is 2.51. The minimum Gasteiger partial charge on any atom is -0.480 e. The Morgan fingerprint density at radius 2 is 1.90 bits per heavy atom. The van der Waals surface area contributed by atoms with Gasteiger partial charge in [-0.3, -0.25) is 0 Å². The molecule has 2 amide bonds. The number of rotatable bonds is 7. The van der Waals surface area contributed by atoms with Gasteiger partial charge in [0.15, 0.2) is 0 Å². The lowest BCUT2D eigenvalue weighted by atomic mass is 10.1. The monoisotopic (exact) mass is 292 g/mol. The Bertz CT molecular complexity index is 462. The van der Waals surface area contributed by atoms with Gasteiger partial charge in [-0.2, -0.15) is 0 Å². The summed E-state index contributed by atoms with van der Waals surface area (Å²) in [5.74, 6) is -1.02. The number of carboxylic acids is 1. The van der Waals surface area contributed by atoms with Gasteiger partial charge in [-0.05, 0) is 18.9 Å². The summed E-state index contributed by atoms with van der Waals surface area (Å²) in [6.45, 7) is 4.01. The quantitative estimate of drug-likeness (QED) is 0.811. The normalized spacial score (nSPS) is 13.3. The molecule has 0 bridgehead atoms. The maximum Gasteiger partial charge on any atom is 0.326 e. The molecule has 0 aliphatic heterocycles. The standard InChI is InChI=1S/C16H24N2O3/c1-4-8-12(2)18(3)16(21)17-14(15(19)20)11-13-9-6-5-7-10-13/h5-7,9-10,12,14H,4,8,11H2,1-3H3,(H,17,21)(H,19,20)/t12?,14-/m1/s1. The highest BCUT2D eigenvalue weighted by Gasteiger charge is 2.23. The fourth-order valence-corrected chi connectivity index (χ4v) is 2.11. The first kappa shape index (κ1) is 17.0. The minimum atomic E-state index is -1.02. The Labute approximate surface area is 126 Å². The average molecular weight is 292 g/mol. The number of nitrogens with zero attached hydrogens (tertiary/aromatic N) is 1. The van der Waals surface area contributed by atoms with Gasteiger partial charge in [0.05, 0.1) is 0 Å². The highest BCUT2D eigenvalue weighted by molar-refractivity contribution is 5.82. The number of carbonyl (C=O) groups excluding carboxylic acids is 1. The Hall–Kier alpha value is -2.04. The Kier molecular flexibility index (Phi) is 6.72. The number of nitrogens with one attached hydrogen (secondary N) is 1. The van der Waals surface area contributed by atoms with Crippen LogP contribution >= 0.6 is 0 Å². The van der Waals surface area contributed by atoms with Crippen LogP contribution in [-0.4, -0.2) is 41.1 Å². The number of carbonyl (C=O) groups is 2. The van der Waals surface area contributed by atoms with Gasteiger partial charge in [-0.25, -0.2) is 9.59 Å². The number of hydrogen-bond donors (Lipinski definition) is 2. The highest BCUT2D eigenvalue weighted by Crippen LogP contribution is 2.07. The van der Waals surface area contributed by atoms with E-state index in [1.165, 1.54) is 0 Å². The second-order valence-corrected chi connectivity index (χ2v) is 5.28. The third kappa shape index (κ3) is 5.45. The van der Waals surface area contributed by atoms with Crippen LogP contribution in [0, 0.1) is 0 Å². The summed E-state index contributed by atoms with van der Waals surface area (Å²) in [6, 6.07) is 8.10. The zero-order valence-electron chi connectivity index (χ0n) is 12.9. The van der Waals surface area contributed by atoms with E-state index in [1.54, 1.807) is 11.9 Å². The molecule has 1 unspecified atom stereocenters. The lowest BCUT2D eigenvalue weighted by Gasteiger charge is -2.26. The Morgan fingerprint density at radius 3 is 2.43 bits per heavy atom. The summed E-state index contributed by atoms with van der Waals surface area (Å²) in [6.07, 6.45) is 2.14. The van der Waals surface area contributed by atoms with Gasteiger partial charge in [0.2, 0.25) is 0 Å². The minimum absolute atomic E-state index is 0.0844. The van der Waals surface area contributed by atoms with E-state index in [1.807, 2.05) is 37.3 Å². The largest absolute Gasteiger partial charge is 0.480 e. The van der Waals surface area contributed by atoms with Crippen molar-refractivity contribution in [2.45, 2.75) is 45.2 Å². The van der Waals surface area contributed by atoms with Crippen molar-refractivity contribution < 1.29 is 14.7 Å². The van der Waals surface area contributed by atoms with Crippen LogP contribution in [0.25, 0.3) is 0 Å². The van der Waals surface area contributed by atoms with Crippen molar-refractivity contribution in [3.8, 4) is 0 Å². The van der Waals surface area contributed by atoms with E-state index >= 15 is 0 Å². The zero-order valence-corrected chi connectivity index (χ0v) is 12.9. The SMILES string of the molecule is CCCC(C)N(C)C(=O)N[C@H](Cc1ccccc1)C(=O)O. The van der Waals surface area contributed by atoms with Gasteiger partial charge in [0.25, 0.3) is 0 Å². The van der Waals surface area contributed by atoms with Crippen molar-refractivity contribution in [1.29, 1.82) is 0 Å². The molecule has 5 heteroatoms. The van der Waals surface area contributed by atoms with E-state index in [2.05, 4.69) is 12.2 Å². The van der Waals surface area contributed by atoms with Crippen LogP contribution in [-0.2, 0) is 11.2 Å². The van der Waals surface area contributed by atoms with Gasteiger partial charge in [0, 0.05) is 19.5 Å². The lowest BCUT2D eigenvalue weighted by molar-refractivity contribution is -0.139. The summed E-state index contributed by atoms with van der Waals surface area (Å²) in [4.78, 5) is 25.0. The maximum atomic E-state index is 12.1. The number of amides is 2. The number of urea groups is 1. The predicted molar refractivity (Wildman–Crippen MR) is 82.2 cm³/mol. The Morgan fingerprint density at radius 1 is 1.29 bits per heavy atom. The van der Waals surface area contributed by atoms with E-state index in [-0.39, 0.29) is 18.5 Å². The van der Waals surface area contributed by atoms with Crippen molar-refractivity contribution in [3.05, 3.63) is 35.9 Å². The summed E-state index contributed by atoms with van der Waals surface area (Å²) in [5.41, 5.74) is 0.884. The molecule has 116 valence electrons. The molecule has 21 heavy (non-hydrogen) atoms. The molecule has 5 nitrogen and oxygen atoms in total. The van der Waals surface area contributed by atoms with E-state index < -0.39 is 12.0 Å². The maximum absolute atomic E-state index is 12.1. The van der Waals surface area contributed by atoms with Gasteiger partial charge in [-0.15, -0.1) is 0 Å². The van der Waals surface area contributed by atoms with Crippen molar-refractivity contribution in [2.75, 3.05) is 7.05 Å². The molecule has 0 spiro atoms. The van der Waals surface area contributed by atoms with E-state index in [9.17, 15) is 14.7 Å². The molecular formula is C16H24N2O3. The third-order valence-corrected chi connectivity index (χ3v) is 3.57. The molecule has 2 atom stereocenters. The third-order valence-electron chi connectivity index (χ3n) is 3.57. The van der Waals surface area contributed by atoms with Crippen LogP contribution in [0.5, 0.6) is 0 Å². The smallest absolute Gasteiger partial charge is 0.326 e. The van der Waals surface area contributed by atoms with Crippen LogP contribution in [0.1, 0.15) is 32.3 Å². The molecule has 0 saturated heterocycles. The van der Waals surface area contributed by atoms with Crippen LogP contribution in [0.3, 0.4) is 0 Å². The average Bonchev–Trinajstić information content (AvgIpc) is 2.46. The Balaban J connectivity index is 2.66. The molecule has 0 radical (unpaired) electrons. The number of aliphatic carboxylic acids is 1. The molecule has 1 aromatic rings. The number of benzene rings is 1. The first-order chi connectivity index (χ1) is 9.95. The summed E-state index contributed by atoms with van der Waals surface area (Å²) < 4.78 is 0. The van der Waals surface area contributed by atoms with E-state index in [0.717, 1.165) is 18.4 Å². The zero-order chi connectivity index (χ0) is 15.8. The molecule has 0 fully saturated rings. The van der Waals surface area contributed by atoms with Crippen LogP contribution < -0.4 is 5.32 Å². The van der Waals surface area contributed by atoms with Gasteiger partial charge < -0.3 is 15.3 Å². The van der Waals surface area contributed by atoms with Gasteiger partial charge >= 0.3 is 12.0 Å². The number of carboxylic acid groups (broad SMARTS) is 1. The first-order valence-corrected chi connectivity index (χ1v) is 7.25. The summed E-state index contributed by atoms with van der Waals surface area (Å²) >= 11 is 0. The fraction of sp³-hybridized carbons (Fsp3) is 0.500. The summed E-state index contributed by atoms with van der Waals surface area (Å²) in [7, 11) is 1.69. The van der Waals surface area contributed by atoms with E-state index in [4.69, 9.17) is 0 Å². The fourth-order valence-electron chi connectivity index (χ4n) is 2.11. The van der Waals surface area contributed by atoms with Gasteiger partial charge in [-0.1, -0.05) is 43.7 Å². The van der Waals surface area contributed by atoms with Crippen LogP contribution in [0.4, 0.5) is 4.79 Å². The molecule has 0 aliphatic carbocycles. The molecule has 2 N–H and O–H groups in total. The lowest BCUT2D eigenvalue weighted by Crippen LogP contribution is -2.50. The highest BCUT2D eigenvalue weighted by atomic mass is 16.4. The molecule has 0 aliphatic rings. The van der Waals surface area contributed by atoms with Crippen molar-refractivity contribution in [1.82, 2.24) is 10.2 Å². The summed E-state index contributed by atoms with van der Waals surface area (Å²) in [5, 5.41) is 11.9. The van der Waals surface area contributed by atoms with E-state index in [0.29, 0.717) is 0 Å². The second-order valence-electron chi connectivity index (χ2n) is 5.28. The first-order valence-electron chi connectivity index (χ1n) is 7.25. The molecule has 0 saturated carbocycles. The molecule has 0 aromatic heterocycles. The molecule has 0 heterocycles. The molecular weight excluding hydrogens is 268 g/mol. The molecule has 1 aromatic carbocycles. The number of hydrogen-bond acceptors (Lipinski definition) is 2. The van der Waals surface area contributed by atoms with Crippen molar-refractivity contribution in [3.63, 3.8) is 0 Å². The molecule has 1 rings (SSSR count). The van der Waals surface area contributed by atoms with Crippen molar-refractivity contribution in [2.24, 2.45) is 0 Å². The van der Waals surface area contributed by atoms with Crippen LogP contribution in [0.15, 0.2) is 30.3 Å². The van der Waals surface area contributed by atoms with Crippen molar-refractivity contribution >= 4 is 12.0 Å². The van der Waals surface area contributed by atoms with Crippen LogP contribution in [0.2, 0.25) is 0 Å². The second kappa shape index (κ2) is 8.29. The van der Waals surface area contributed by atoms with Gasteiger partial charge in [0.1, 0.15) is 6.04 Å².